The molecule has 32 heavy (non-hydrogen) atoms. The van der Waals surface area contributed by atoms with Crippen LogP contribution < -0.4 is 11.1 Å². The molecule has 0 saturated heterocycles. The first-order valence-electron chi connectivity index (χ1n) is 10.1. The molecular formula is C21H25Cl2FN6O2. The molecule has 0 radical (unpaired) electrons. The number of unbranched alkanes of at least 4 members (excludes halogenated alkanes) is 1. The van der Waals surface area contributed by atoms with E-state index in [1.807, 2.05) is 4.57 Å². The van der Waals surface area contributed by atoms with E-state index in [9.17, 15) is 9.18 Å². The summed E-state index contributed by atoms with van der Waals surface area (Å²) in [7, 11) is 0. The Morgan fingerprint density at radius 2 is 2.16 bits per heavy atom. The van der Waals surface area contributed by atoms with Crippen LogP contribution in [-0.4, -0.2) is 49.8 Å². The zero-order valence-electron chi connectivity index (χ0n) is 17.8. The third-order valence-corrected chi connectivity index (χ3v) is 5.23. The van der Waals surface area contributed by atoms with Gasteiger partial charge in [-0.15, -0.1) is 11.6 Å². The molecule has 2 aromatic rings. The molecule has 0 aliphatic heterocycles. The van der Waals surface area contributed by atoms with Crippen LogP contribution in [0.3, 0.4) is 0 Å². The number of rotatable bonds is 8. The van der Waals surface area contributed by atoms with Crippen LogP contribution in [0.15, 0.2) is 41.8 Å². The number of alkyl carbamates (subject to hydrolysis) is 1. The van der Waals surface area contributed by atoms with Crippen molar-refractivity contribution in [3.05, 3.63) is 47.1 Å². The van der Waals surface area contributed by atoms with Crippen LogP contribution in [0.5, 0.6) is 0 Å². The largest absolute Gasteiger partial charge is 0.450 e. The average Bonchev–Trinajstić information content (AvgIpc) is 2.99. The summed E-state index contributed by atoms with van der Waals surface area (Å²) < 4.78 is 21.3. The number of amides is 1. The van der Waals surface area contributed by atoms with Crippen molar-refractivity contribution >= 4 is 46.3 Å². The number of alkyl halides is 2. The number of nitrogens with one attached hydrogen (secondary N) is 1. The smallest absolute Gasteiger partial charge is 0.407 e. The topological polar surface area (TPSA) is 108 Å². The average molecular weight is 483 g/mol. The fourth-order valence-corrected chi connectivity index (χ4v) is 3.51. The third-order valence-electron chi connectivity index (χ3n) is 4.79. The van der Waals surface area contributed by atoms with E-state index in [1.54, 1.807) is 30.6 Å². The molecule has 2 aromatic heterocycles. The Kier molecular flexibility index (Phi) is 7.73. The highest BCUT2D eigenvalue weighted by molar-refractivity contribution is 6.28. The SMILES string of the molecule is CC(C)(F)C1=CC(CNC(=O)OCCCCn2cnc3c(N)nc(Cl)nc32)=CC(Cl)C=C1. The lowest BCUT2D eigenvalue weighted by Gasteiger charge is -2.16. The molecule has 172 valence electrons. The number of carbonyl (C=O) groups is 1. The van der Waals surface area contributed by atoms with Crippen molar-refractivity contribution in [1.29, 1.82) is 0 Å². The third kappa shape index (κ3) is 6.43. The van der Waals surface area contributed by atoms with Gasteiger partial charge in [-0.05, 0) is 49.4 Å². The first kappa shape index (κ1) is 24.0. The Morgan fingerprint density at radius 1 is 1.38 bits per heavy atom. The molecule has 0 saturated carbocycles. The maximum Gasteiger partial charge on any atom is 0.407 e. The summed E-state index contributed by atoms with van der Waals surface area (Å²) in [5, 5.41) is 2.35. The molecular weight excluding hydrogens is 458 g/mol. The van der Waals surface area contributed by atoms with Crippen molar-refractivity contribution < 1.29 is 13.9 Å². The summed E-state index contributed by atoms with van der Waals surface area (Å²) in [5.41, 5.74) is 6.54. The lowest BCUT2D eigenvalue weighted by Crippen LogP contribution is -2.27. The van der Waals surface area contributed by atoms with Crippen molar-refractivity contribution in [3.63, 3.8) is 0 Å². The summed E-state index contributed by atoms with van der Waals surface area (Å²) in [6, 6.07) is 0. The summed E-state index contributed by atoms with van der Waals surface area (Å²) >= 11 is 12.0. The molecule has 0 aromatic carbocycles. The first-order chi connectivity index (χ1) is 15.1. The van der Waals surface area contributed by atoms with Crippen molar-refractivity contribution in [2.75, 3.05) is 18.9 Å². The fraction of sp³-hybridized carbons (Fsp3) is 0.429. The molecule has 1 unspecified atom stereocenters. The second-order valence-corrected chi connectivity index (χ2v) is 8.64. The van der Waals surface area contributed by atoms with Crippen LogP contribution in [0.1, 0.15) is 26.7 Å². The number of carbonyl (C=O) groups excluding carboxylic acids is 1. The molecule has 0 bridgehead atoms. The van der Waals surface area contributed by atoms with E-state index in [0.717, 1.165) is 6.42 Å². The van der Waals surface area contributed by atoms with Crippen LogP contribution in [-0.2, 0) is 11.3 Å². The van der Waals surface area contributed by atoms with E-state index in [1.165, 1.54) is 13.8 Å². The molecule has 3 rings (SSSR count). The summed E-state index contributed by atoms with van der Waals surface area (Å²) in [6.45, 7) is 3.98. The zero-order valence-corrected chi connectivity index (χ0v) is 19.3. The minimum atomic E-state index is -1.51. The standard InChI is InChI=1S/C21H25Cl2FN6O2/c1-21(2,24)14-5-6-15(22)10-13(9-14)11-26-20(31)32-8-4-3-7-30-12-27-16-17(25)28-19(23)29-18(16)30/h5-6,9-10,12,15H,3-4,7-8,11H2,1-2H3,(H,26,31)(H2,25,28,29). The van der Waals surface area contributed by atoms with Crippen molar-refractivity contribution in [3.8, 4) is 0 Å². The van der Waals surface area contributed by atoms with Gasteiger partial charge in [-0.2, -0.15) is 9.97 Å². The molecule has 1 aliphatic rings. The lowest BCUT2D eigenvalue weighted by molar-refractivity contribution is 0.144. The summed E-state index contributed by atoms with van der Waals surface area (Å²) in [6.07, 6.45) is 9.26. The Bertz CT molecular complexity index is 1070. The first-order valence-corrected chi connectivity index (χ1v) is 10.9. The van der Waals surface area contributed by atoms with Crippen molar-refractivity contribution in [1.82, 2.24) is 24.8 Å². The number of aromatic nitrogens is 4. The molecule has 1 atom stereocenters. The molecule has 8 nitrogen and oxygen atoms in total. The number of fused-ring (bicyclic) bond motifs is 1. The Labute approximate surface area is 195 Å². The van der Waals surface area contributed by atoms with E-state index >= 15 is 0 Å². The monoisotopic (exact) mass is 482 g/mol. The Morgan fingerprint density at radius 3 is 2.91 bits per heavy atom. The van der Waals surface area contributed by atoms with Crippen molar-refractivity contribution in [2.24, 2.45) is 0 Å². The van der Waals surface area contributed by atoms with Gasteiger partial charge in [0.2, 0.25) is 5.28 Å². The second kappa shape index (κ2) is 10.3. The Hall–Kier alpha value is -2.65. The maximum atomic E-state index is 14.3. The van der Waals surface area contributed by atoms with Gasteiger partial charge in [0.25, 0.3) is 0 Å². The van der Waals surface area contributed by atoms with Crippen LogP contribution in [0.2, 0.25) is 5.28 Å². The van der Waals surface area contributed by atoms with Gasteiger partial charge in [-0.3, -0.25) is 0 Å². The number of nitrogens with two attached hydrogens (primary N) is 1. The number of nitrogen functional groups attached to an aromatic ring is 1. The van der Waals surface area contributed by atoms with Crippen LogP contribution in [0.25, 0.3) is 11.2 Å². The zero-order chi connectivity index (χ0) is 23.3. The van der Waals surface area contributed by atoms with Gasteiger partial charge in [0.15, 0.2) is 11.5 Å². The van der Waals surface area contributed by atoms with E-state index in [-0.39, 0.29) is 29.6 Å². The van der Waals surface area contributed by atoms with Gasteiger partial charge in [0.05, 0.1) is 18.3 Å². The second-order valence-electron chi connectivity index (χ2n) is 7.80. The fourth-order valence-electron chi connectivity index (χ4n) is 3.11. The van der Waals surface area contributed by atoms with E-state index in [2.05, 4.69) is 20.3 Å². The van der Waals surface area contributed by atoms with Crippen LogP contribution >= 0.6 is 23.2 Å². The molecule has 1 amide bonds. The number of hydrogen-bond acceptors (Lipinski definition) is 6. The number of nitrogens with zero attached hydrogens (tertiary/aromatic N) is 4. The van der Waals surface area contributed by atoms with E-state index < -0.39 is 11.8 Å². The molecule has 2 heterocycles. The number of imidazole rings is 1. The number of ether oxygens (including phenoxy) is 1. The molecule has 0 spiro atoms. The lowest BCUT2D eigenvalue weighted by atomic mass is 9.98. The Balaban J connectivity index is 1.42. The number of aryl methyl sites for hydroxylation is 1. The minimum absolute atomic E-state index is 0.0638. The van der Waals surface area contributed by atoms with E-state index in [4.69, 9.17) is 33.7 Å². The van der Waals surface area contributed by atoms with Crippen molar-refractivity contribution in [2.45, 2.75) is 44.3 Å². The van der Waals surface area contributed by atoms with Gasteiger partial charge in [0.1, 0.15) is 11.2 Å². The molecule has 0 fully saturated rings. The number of anilines is 1. The number of allylic oxidation sites excluding steroid dienone is 4. The van der Waals surface area contributed by atoms with Gasteiger partial charge in [-0.1, -0.05) is 24.3 Å². The number of hydrogen-bond donors (Lipinski definition) is 2. The highest BCUT2D eigenvalue weighted by Gasteiger charge is 2.22. The van der Waals surface area contributed by atoms with Gasteiger partial charge < -0.3 is 20.4 Å². The number of halogens is 3. The predicted molar refractivity (Wildman–Crippen MR) is 123 cm³/mol. The minimum Gasteiger partial charge on any atom is -0.450 e. The highest BCUT2D eigenvalue weighted by atomic mass is 35.5. The normalized spacial score (nSPS) is 16.5. The molecule has 1 aliphatic carbocycles. The predicted octanol–water partition coefficient (Wildman–Crippen LogP) is 4.35. The van der Waals surface area contributed by atoms with Gasteiger partial charge in [-0.25, -0.2) is 14.2 Å². The quantitative estimate of drug-likeness (QED) is 0.329. The van der Waals surface area contributed by atoms with Gasteiger partial charge >= 0.3 is 6.09 Å². The van der Waals surface area contributed by atoms with Gasteiger partial charge in [0, 0.05) is 13.1 Å². The molecule has 3 N–H and O–H groups in total. The van der Waals surface area contributed by atoms with Crippen LogP contribution in [0, 0.1) is 0 Å². The molecule has 11 heteroatoms. The maximum absolute atomic E-state index is 14.3. The summed E-state index contributed by atoms with van der Waals surface area (Å²) in [5.74, 6) is 0.232. The summed E-state index contributed by atoms with van der Waals surface area (Å²) in [4.78, 5) is 24.2. The van der Waals surface area contributed by atoms with E-state index in [0.29, 0.717) is 35.3 Å². The van der Waals surface area contributed by atoms with Crippen LogP contribution in [0.4, 0.5) is 15.0 Å². The highest BCUT2D eigenvalue weighted by Crippen LogP contribution is 2.26.